The second-order valence-electron chi connectivity index (χ2n) is 6.18. The van der Waals surface area contributed by atoms with Crippen LogP contribution in [0.3, 0.4) is 0 Å². The van der Waals surface area contributed by atoms with Gasteiger partial charge in [-0.2, -0.15) is 0 Å². The van der Waals surface area contributed by atoms with E-state index in [9.17, 15) is 4.39 Å². The Bertz CT molecular complexity index is 602. The van der Waals surface area contributed by atoms with E-state index in [-0.39, 0.29) is 11.4 Å². The summed E-state index contributed by atoms with van der Waals surface area (Å²) in [7, 11) is 1.90. The zero-order valence-corrected chi connectivity index (χ0v) is 13.0. The number of aromatic nitrogens is 2. The fourth-order valence-electron chi connectivity index (χ4n) is 1.85. The SMILES string of the molecule is Cn1cncc1COc1cc(F)cc(CNC(C)(C)C)c1. The van der Waals surface area contributed by atoms with Gasteiger partial charge in [-0.15, -0.1) is 0 Å². The van der Waals surface area contributed by atoms with Crippen molar-refractivity contribution in [1.29, 1.82) is 0 Å². The van der Waals surface area contributed by atoms with Crippen molar-refractivity contribution in [2.75, 3.05) is 0 Å². The number of benzene rings is 1. The first-order valence-electron chi connectivity index (χ1n) is 6.96. The van der Waals surface area contributed by atoms with E-state index in [0.29, 0.717) is 18.9 Å². The van der Waals surface area contributed by atoms with E-state index in [4.69, 9.17) is 4.74 Å². The predicted octanol–water partition coefficient (Wildman–Crippen LogP) is 3.03. The maximum Gasteiger partial charge on any atom is 0.130 e. The Labute approximate surface area is 125 Å². The number of hydrogen-bond acceptors (Lipinski definition) is 3. The van der Waals surface area contributed by atoms with Crippen molar-refractivity contribution in [1.82, 2.24) is 14.9 Å². The molecule has 0 saturated carbocycles. The van der Waals surface area contributed by atoms with Gasteiger partial charge in [0.25, 0.3) is 0 Å². The maximum atomic E-state index is 13.7. The highest BCUT2D eigenvalue weighted by molar-refractivity contribution is 5.29. The highest BCUT2D eigenvalue weighted by Crippen LogP contribution is 2.18. The smallest absolute Gasteiger partial charge is 0.130 e. The van der Waals surface area contributed by atoms with Gasteiger partial charge in [-0.05, 0) is 38.5 Å². The summed E-state index contributed by atoms with van der Waals surface area (Å²) in [5.41, 5.74) is 1.79. The minimum Gasteiger partial charge on any atom is -0.487 e. The van der Waals surface area contributed by atoms with E-state index in [0.717, 1.165) is 11.3 Å². The van der Waals surface area contributed by atoms with Crippen LogP contribution in [-0.2, 0) is 20.2 Å². The second kappa shape index (κ2) is 6.26. The molecule has 0 aliphatic heterocycles. The first kappa shape index (κ1) is 15.5. The van der Waals surface area contributed by atoms with Gasteiger partial charge in [-0.1, -0.05) is 0 Å². The molecule has 0 fully saturated rings. The lowest BCUT2D eigenvalue weighted by molar-refractivity contribution is 0.295. The van der Waals surface area contributed by atoms with Gasteiger partial charge in [0.05, 0.1) is 18.2 Å². The third-order valence-corrected chi connectivity index (χ3v) is 3.06. The molecule has 0 amide bonds. The van der Waals surface area contributed by atoms with Gasteiger partial charge in [0.15, 0.2) is 0 Å². The Kier molecular flexibility index (Phi) is 4.63. The van der Waals surface area contributed by atoms with Crippen LogP contribution >= 0.6 is 0 Å². The molecule has 0 unspecified atom stereocenters. The van der Waals surface area contributed by atoms with Crippen LogP contribution in [0.2, 0.25) is 0 Å². The van der Waals surface area contributed by atoms with E-state index in [1.807, 2.05) is 17.7 Å². The molecule has 0 aliphatic rings. The van der Waals surface area contributed by atoms with Crippen LogP contribution in [0.15, 0.2) is 30.7 Å². The quantitative estimate of drug-likeness (QED) is 0.920. The standard InChI is InChI=1S/C16H22FN3O/c1-16(2,3)19-8-12-5-13(17)7-15(6-12)21-10-14-9-18-11-20(14)4/h5-7,9,11,19H,8,10H2,1-4H3. The van der Waals surface area contributed by atoms with Crippen molar-refractivity contribution in [3.63, 3.8) is 0 Å². The summed E-state index contributed by atoms with van der Waals surface area (Å²) in [5.74, 6) is 0.241. The fraction of sp³-hybridized carbons (Fsp3) is 0.438. The minimum atomic E-state index is -0.289. The zero-order chi connectivity index (χ0) is 15.5. The molecule has 2 aromatic rings. The summed E-state index contributed by atoms with van der Waals surface area (Å²) in [4.78, 5) is 4.02. The first-order chi connectivity index (χ1) is 9.83. The molecule has 114 valence electrons. The number of rotatable bonds is 5. The maximum absolute atomic E-state index is 13.7. The van der Waals surface area contributed by atoms with Gasteiger partial charge >= 0.3 is 0 Å². The number of nitrogens with zero attached hydrogens (tertiary/aromatic N) is 2. The third kappa shape index (κ3) is 4.86. The number of aryl methyl sites for hydroxylation is 1. The average Bonchev–Trinajstić information content (AvgIpc) is 2.78. The molecule has 5 heteroatoms. The molecule has 0 saturated heterocycles. The molecule has 21 heavy (non-hydrogen) atoms. The van der Waals surface area contributed by atoms with Gasteiger partial charge < -0.3 is 14.6 Å². The summed E-state index contributed by atoms with van der Waals surface area (Å²) in [6.07, 6.45) is 3.45. The third-order valence-electron chi connectivity index (χ3n) is 3.06. The van der Waals surface area contributed by atoms with Gasteiger partial charge in [0.2, 0.25) is 0 Å². The highest BCUT2D eigenvalue weighted by atomic mass is 19.1. The van der Waals surface area contributed by atoms with Crippen LogP contribution in [0.1, 0.15) is 32.0 Å². The van der Waals surface area contributed by atoms with Crippen molar-refractivity contribution in [2.24, 2.45) is 7.05 Å². The molecule has 1 heterocycles. The largest absolute Gasteiger partial charge is 0.487 e. The van der Waals surface area contributed by atoms with E-state index in [1.54, 1.807) is 12.5 Å². The van der Waals surface area contributed by atoms with Gasteiger partial charge in [-0.25, -0.2) is 9.37 Å². The van der Waals surface area contributed by atoms with E-state index < -0.39 is 0 Å². The Balaban J connectivity index is 2.03. The molecule has 1 N–H and O–H groups in total. The van der Waals surface area contributed by atoms with Gasteiger partial charge in [0, 0.05) is 25.2 Å². The van der Waals surface area contributed by atoms with Crippen LogP contribution in [-0.4, -0.2) is 15.1 Å². The summed E-state index contributed by atoms with van der Waals surface area (Å²) in [5, 5.41) is 3.34. The van der Waals surface area contributed by atoms with Crippen LogP contribution in [0.25, 0.3) is 0 Å². The van der Waals surface area contributed by atoms with Gasteiger partial charge in [0.1, 0.15) is 18.2 Å². The number of ether oxygens (including phenoxy) is 1. The van der Waals surface area contributed by atoms with E-state index in [2.05, 4.69) is 31.1 Å². The lowest BCUT2D eigenvalue weighted by atomic mass is 10.1. The van der Waals surface area contributed by atoms with Crippen LogP contribution < -0.4 is 10.1 Å². The molecule has 0 radical (unpaired) electrons. The summed E-state index contributed by atoms with van der Waals surface area (Å²) in [6.45, 7) is 7.19. The van der Waals surface area contributed by atoms with Crippen LogP contribution in [0.4, 0.5) is 4.39 Å². The number of hydrogen-bond donors (Lipinski definition) is 1. The molecular formula is C16H22FN3O. The molecule has 1 aromatic carbocycles. The summed E-state index contributed by atoms with van der Waals surface area (Å²) >= 11 is 0. The van der Waals surface area contributed by atoms with Crippen LogP contribution in [0, 0.1) is 5.82 Å². The molecule has 1 aromatic heterocycles. The highest BCUT2D eigenvalue weighted by Gasteiger charge is 2.10. The molecule has 0 atom stereocenters. The number of halogens is 1. The molecule has 0 bridgehead atoms. The predicted molar refractivity (Wildman–Crippen MR) is 80.5 cm³/mol. The van der Waals surface area contributed by atoms with Gasteiger partial charge in [-0.3, -0.25) is 0 Å². The number of imidazole rings is 1. The first-order valence-corrected chi connectivity index (χ1v) is 6.96. The van der Waals surface area contributed by atoms with Crippen molar-refractivity contribution in [2.45, 2.75) is 39.5 Å². The summed E-state index contributed by atoms with van der Waals surface area (Å²) < 4.78 is 21.2. The Hall–Kier alpha value is -1.88. The average molecular weight is 291 g/mol. The lowest BCUT2D eigenvalue weighted by Gasteiger charge is -2.20. The molecule has 4 nitrogen and oxygen atoms in total. The van der Waals surface area contributed by atoms with E-state index in [1.165, 1.54) is 12.1 Å². The second-order valence-corrected chi connectivity index (χ2v) is 6.18. The minimum absolute atomic E-state index is 0.0119. The van der Waals surface area contributed by atoms with Crippen molar-refractivity contribution >= 4 is 0 Å². The fourth-order valence-corrected chi connectivity index (χ4v) is 1.85. The zero-order valence-electron chi connectivity index (χ0n) is 13.0. The molecule has 2 rings (SSSR count). The monoisotopic (exact) mass is 291 g/mol. The Morgan fingerprint density at radius 1 is 1.29 bits per heavy atom. The van der Waals surface area contributed by atoms with Crippen molar-refractivity contribution < 1.29 is 9.13 Å². The molecular weight excluding hydrogens is 269 g/mol. The summed E-state index contributed by atoms with van der Waals surface area (Å²) in [6, 6.07) is 4.78. The molecule has 0 spiro atoms. The topological polar surface area (TPSA) is 39.1 Å². The molecule has 0 aliphatic carbocycles. The number of nitrogens with one attached hydrogen (secondary N) is 1. The van der Waals surface area contributed by atoms with Crippen molar-refractivity contribution in [3.05, 3.63) is 47.8 Å². The van der Waals surface area contributed by atoms with E-state index >= 15 is 0 Å². The van der Waals surface area contributed by atoms with Crippen molar-refractivity contribution in [3.8, 4) is 5.75 Å². The normalized spacial score (nSPS) is 11.7. The lowest BCUT2D eigenvalue weighted by Crippen LogP contribution is -2.35. The van der Waals surface area contributed by atoms with Crippen LogP contribution in [0.5, 0.6) is 5.75 Å². The Morgan fingerprint density at radius 2 is 2.05 bits per heavy atom. The Morgan fingerprint density at radius 3 is 2.67 bits per heavy atom.